The zero-order valence-corrected chi connectivity index (χ0v) is 9.53. The average molecular weight is 217 g/mol. The van der Waals surface area contributed by atoms with E-state index in [0.29, 0.717) is 0 Å². The third-order valence-corrected chi connectivity index (χ3v) is 2.84. The minimum atomic E-state index is -0.786. The van der Waals surface area contributed by atoms with Crippen molar-refractivity contribution in [1.29, 1.82) is 0 Å². The van der Waals surface area contributed by atoms with Gasteiger partial charge in [0.05, 0.1) is 6.42 Å². The highest BCUT2D eigenvalue weighted by atomic mass is 16.4. The van der Waals surface area contributed by atoms with Crippen LogP contribution in [0.15, 0.2) is 24.3 Å². The highest BCUT2D eigenvalue weighted by Crippen LogP contribution is 2.21. The van der Waals surface area contributed by atoms with Crippen LogP contribution < -0.4 is 0 Å². The smallest absolute Gasteiger partial charge is 0.307 e. The molecule has 16 heavy (non-hydrogen) atoms. The van der Waals surface area contributed by atoms with Gasteiger partial charge in [-0.15, -0.1) is 0 Å². The molecule has 0 bridgehead atoms. The van der Waals surface area contributed by atoms with Crippen molar-refractivity contribution in [2.24, 2.45) is 0 Å². The molecule has 84 valence electrons. The molecule has 1 aromatic heterocycles. The summed E-state index contributed by atoms with van der Waals surface area (Å²) in [5, 5.41) is 9.86. The van der Waals surface area contributed by atoms with E-state index in [1.807, 2.05) is 18.2 Å². The van der Waals surface area contributed by atoms with Crippen molar-refractivity contribution in [2.45, 2.75) is 26.8 Å². The van der Waals surface area contributed by atoms with E-state index in [2.05, 4.69) is 24.5 Å². The molecule has 0 radical (unpaired) electrons. The fourth-order valence-electron chi connectivity index (χ4n) is 2.16. The maximum absolute atomic E-state index is 10.6. The predicted octanol–water partition coefficient (Wildman–Crippen LogP) is 2.60. The van der Waals surface area contributed by atoms with Crippen LogP contribution in [0.1, 0.15) is 18.2 Å². The fraction of sp³-hybridized carbons (Fsp3) is 0.308. The predicted molar refractivity (Wildman–Crippen MR) is 63.7 cm³/mol. The molecule has 2 rings (SSSR count). The summed E-state index contributed by atoms with van der Waals surface area (Å²) in [6.45, 7) is 5.12. The molecule has 0 aliphatic carbocycles. The molecule has 0 aliphatic rings. The Balaban J connectivity index is 2.51. The van der Waals surface area contributed by atoms with Crippen LogP contribution in [0.5, 0.6) is 0 Å². The Morgan fingerprint density at radius 3 is 2.75 bits per heavy atom. The minimum absolute atomic E-state index is 0.0896. The normalized spacial score (nSPS) is 10.9. The summed E-state index contributed by atoms with van der Waals surface area (Å²) in [5.41, 5.74) is 3.24. The summed E-state index contributed by atoms with van der Waals surface area (Å²) in [5.74, 6) is -0.786. The van der Waals surface area contributed by atoms with E-state index in [0.717, 1.165) is 17.5 Å². The number of rotatable bonds is 3. The molecule has 0 amide bonds. The van der Waals surface area contributed by atoms with Crippen molar-refractivity contribution in [3.63, 3.8) is 0 Å². The first-order chi connectivity index (χ1) is 7.61. The van der Waals surface area contributed by atoms with E-state index < -0.39 is 5.97 Å². The third-order valence-electron chi connectivity index (χ3n) is 2.84. The molecule has 0 spiro atoms. The molecule has 0 unspecified atom stereocenters. The molecule has 1 aromatic carbocycles. The lowest BCUT2D eigenvalue weighted by molar-refractivity contribution is -0.136. The van der Waals surface area contributed by atoms with Crippen LogP contribution in [0.2, 0.25) is 0 Å². The maximum atomic E-state index is 10.6. The summed E-state index contributed by atoms with van der Waals surface area (Å²) in [6.07, 6.45) is 0.0896. The van der Waals surface area contributed by atoms with Gasteiger partial charge in [-0.3, -0.25) is 4.79 Å². The fourth-order valence-corrected chi connectivity index (χ4v) is 2.16. The number of carboxylic acid groups (broad SMARTS) is 1. The number of hydrogen-bond acceptors (Lipinski definition) is 1. The zero-order valence-electron chi connectivity index (χ0n) is 9.53. The molecular formula is C13H15NO2. The van der Waals surface area contributed by atoms with Gasteiger partial charge in [0, 0.05) is 23.1 Å². The summed E-state index contributed by atoms with van der Waals surface area (Å²) in [6, 6.07) is 7.96. The monoisotopic (exact) mass is 217 g/mol. The van der Waals surface area contributed by atoms with E-state index in [-0.39, 0.29) is 6.42 Å². The second kappa shape index (κ2) is 4.00. The van der Waals surface area contributed by atoms with Gasteiger partial charge in [-0.2, -0.15) is 0 Å². The van der Waals surface area contributed by atoms with Crippen LogP contribution in [0, 0.1) is 6.92 Å². The summed E-state index contributed by atoms with van der Waals surface area (Å²) >= 11 is 0. The summed E-state index contributed by atoms with van der Waals surface area (Å²) in [7, 11) is 0. The van der Waals surface area contributed by atoms with Gasteiger partial charge in [0.15, 0.2) is 0 Å². The van der Waals surface area contributed by atoms with E-state index in [9.17, 15) is 4.79 Å². The number of carbonyl (C=O) groups is 1. The number of aromatic nitrogens is 1. The molecule has 0 saturated carbocycles. The minimum Gasteiger partial charge on any atom is -0.481 e. The van der Waals surface area contributed by atoms with Crippen molar-refractivity contribution in [3.8, 4) is 0 Å². The lowest BCUT2D eigenvalue weighted by Crippen LogP contribution is -2.00. The maximum Gasteiger partial charge on any atom is 0.307 e. The highest BCUT2D eigenvalue weighted by Gasteiger charge is 2.06. The van der Waals surface area contributed by atoms with Crippen LogP contribution in [-0.2, 0) is 17.8 Å². The Labute approximate surface area is 94.3 Å². The van der Waals surface area contributed by atoms with Crippen molar-refractivity contribution in [3.05, 3.63) is 35.5 Å². The van der Waals surface area contributed by atoms with Crippen LogP contribution in [-0.4, -0.2) is 15.6 Å². The molecule has 3 heteroatoms. The Morgan fingerprint density at radius 1 is 1.38 bits per heavy atom. The number of carboxylic acids is 1. The highest BCUT2D eigenvalue weighted by molar-refractivity contribution is 5.83. The van der Waals surface area contributed by atoms with Gasteiger partial charge in [0.2, 0.25) is 0 Å². The Kier molecular flexibility index (Phi) is 2.69. The van der Waals surface area contributed by atoms with Gasteiger partial charge in [0.25, 0.3) is 0 Å². The molecule has 0 fully saturated rings. The van der Waals surface area contributed by atoms with Crippen molar-refractivity contribution in [1.82, 2.24) is 4.57 Å². The lowest BCUT2D eigenvalue weighted by Gasteiger charge is -2.04. The van der Waals surface area contributed by atoms with Gasteiger partial charge in [0.1, 0.15) is 0 Å². The average Bonchev–Trinajstić information content (AvgIpc) is 2.51. The van der Waals surface area contributed by atoms with E-state index in [4.69, 9.17) is 5.11 Å². The van der Waals surface area contributed by atoms with Crippen molar-refractivity contribution in [2.75, 3.05) is 0 Å². The molecule has 0 atom stereocenters. The van der Waals surface area contributed by atoms with Gasteiger partial charge < -0.3 is 9.67 Å². The third kappa shape index (κ3) is 1.81. The van der Waals surface area contributed by atoms with Crippen LogP contribution in [0.3, 0.4) is 0 Å². The van der Waals surface area contributed by atoms with Gasteiger partial charge in [-0.25, -0.2) is 0 Å². The number of hydrogen-bond donors (Lipinski definition) is 1. The first kappa shape index (κ1) is 10.7. The summed E-state index contributed by atoms with van der Waals surface area (Å²) in [4.78, 5) is 10.6. The van der Waals surface area contributed by atoms with Gasteiger partial charge >= 0.3 is 5.97 Å². The molecule has 3 nitrogen and oxygen atoms in total. The van der Waals surface area contributed by atoms with Crippen LogP contribution in [0.25, 0.3) is 10.9 Å². The Hall–Kier alpha value is -1.77. The number of fused-ring (bicyclic) bond motifs is 1. The first-order valence-corrected chi connectivity index (χ1v) is 5.42. The quantitative estimate of drug-likeness (QED) is 0.858. The van der Waals surface area contributed by atoms with E-state index in [1.54, 1.807) is 0 Å². The molecule has 0 saturated heterocycles. The number of benzene rings is 1. The van der Waals surface area contributed by atoms with E-state index in [1.165, 1.54) is 11.2 Å². The first-order valence-electron chi connectivity index (χ1n) is 5.42. The molecule has 0 aliphatic heterocycles. The van der Waals surface area contributed by atoms with E-state index >= 15 is 0 Å². The lowest BCUT2D eigenvalue weighted by atomic mass is 10.1. The van der Waals surface area contributed by atoms with Crippen LogP contribution in [0.4, 0.5) is 0 Å². The number of nitrogens with zero attached hydrogens (tertiary/aromatic N) is 1. The second-order valence-electron chi connectivity index (χ2n) is 3.99. The summed E-state index contributed by atoms with van der Waals surface area (Å²) < 4.78 is 2.22. The molecular weight excluding hydrogens is 202 g/mol. The van der Waals surface area contributed by atoms with Crippen molar-refractivity contribution < 1.29 is 9.90 Å². The number of aliphatic carboxylic acids is 1. The largest absolute Gasteiger partial charge is 0.481 e. The molecule has 1 heterocycles. The second-order valence-corrected chi connectivity index (χ2v) is 3.99. The van der Waals surface area contributed by atoms with Gasteiger partial charge in [-0.05, 0) is 37.6 Å². The van der Waals surface area contributed by atoms with Gasteiger partial charge in [-0.1, -0.05) is 6.07 Å². The Morgan fingerprint density at radius 2 is 2.12 bits per heavy atom. The molecule has 2 aromatic rings. The Bertz CT molecular complexity index is 540. The number of aryl methyl sites for hydroxylation is 2. The SMILES string of the molecule is CCn1c(C)cc2cc(CC(=O)O)ccc21. The zero-order chi connectivity index (χ0) is 11.7. The molecule has 1 N–H and O–H groups in total. The van der Waals surface area contributed by atoms with Crippen molar-refractivity contribution >= 4 is 16.9 Å². The standard InChI is InChI=1S/C13H15NO2/c1-3-14-9(2)6-11-7-10(8-13(15)16)4-5-12(11)14/h4-7H,3,8H2,1-2H3,(H,15,16). The van der Waals surface area contributed by atoms with Crippen LogP contribution >= 0.6 is 0 Å². The topological polar surface area (TPSA) is 42.2 Å².